The monoisotopic (exact) mass is 538 g/mol. The van der Waals surface area contributed by atoms with E-state index in [1.165, 1.54) is 5.56 Å². The first-order chi connectivity index (χ1) is 13.7. The molecule has 2 heterocycles. The summed E-state index contributed by atoms with van der Waals surface area (Å²) >= 11 is 1.76. The Labute approximate surface area is 198 Å². The molecule has 0 aliphatic carbocycles. The number of methoxy groups -OCH3 is 1. The predicted octanol–water partition coefficient (Wildman–Crippen LogP) is 3.70. The van der Waals surface area contributed by atoms with Crippen molar-refractivity contribution >= 4 is 41.3 Å². The molecular weight excluding hydrogens is 499 g/mol. The van der Waals surface area contributed by atoms with Gasteiger partial charge in [0, 0.05) is 32.7 Å². The SMILES string of the molecule is CCNC(=NCC(c1ccsc1)N(CC)CC)N1CCC(COCCOC)C1.I. The lowest BCUT2D eigenvalue weighted by Crippen LogP contribution is -2.41. The molecule has 0 amide bonds. The molecule has 1 fully saturated rings. The van der Waals surface area contributed by atoms with Crippen LogP contribution in [-0.4, -0.2) is 82.0 Å². The Morgan fingerprint density at radius 2 is 2.14 bits per heavy atom. The number of aliphatic imine (C=N–C) groups is 1. The number of nitrogens with one attached hydrogen (secondary N) is 1. The molecular formula is C21H39IN4O2S. The molecule has 0 radical (unpaired) electrons. The van der Waals surface area contributed by atoms with Gasteiger partial charge in [-0.2, -0.15) is 11.3 Å². The molecule has 1 N–H and O–H groups in total. The van der Waals surface area contributed by atoms with Crippen molar-refractivity contribution in [2.45, 2.75) is 33.2 Å². The minimum atomic E-state index is 0. The Morgan fingerprint density at radius 1 is 1.34 bits per heavy atom. The van der Waals surface area contributed by atoms with E-state index in [9.17, 15) is 0 Å². The van der Waals surface area contributed by atoms with Crippen LogP contribution in [0.15, 0.2) is 21.8 Å². The number of likely N-dealkylation sites (N-methyl/N-ethyl adjacent to an activating group) is 1. The first-order valence-electron chi connectivity index (χ1n) is 10.6. The zero-order valence-electron chi connectivity index (χ0n) is 18.4. The quantitative estimate of drug-likeness (QED) is 0.190. The van der Waals surface area contributed by atoms with Gasteiger partial charge in [-0.25, -0.2) is 0 Å². The number of hydrogen-bond donors (Lipinski definition) is 1. The Balaban J connectivity index is 0.00000420. The van der Waals surface area contributed by atoms with Crippen LogP contribution in [0.4, 0.5) is 0 Å². The molecule has 0 bridgehead atoms. The van der Waals surface area contributed by atoms with Crippen molar-refractivity contribution in [3.63, 3.8) is 0 Å². The summed E-state index contributed by atoms with van der Waals surface area (Å²) in [5.74, 6) is 1.60. The molecule has 1 aromatic heterocycles. The summed E-state index contributed by atoms with van der Waals surface area (Å²) < 4.78 is 10.8. The summed E-state index contributed by atoms with van der Waals surface area (Å²) in [7, 11) is 1.71. The number of likely N-dealkylation sites (tertiary alicyclic amines) is 1. The fraction of sp³-hybridized carbons (Fsp3) is 0.762. The van der Waals surface area contributed by atoms with Crippen LogP contribution in [0.1, 0.15) is 38.8 Å². The molecule has 0 spiro atoms. The third kappa shape index (κ3) is 8.69. The van der Waals surface area contributed by atoms with Gasteiger partial charge in [0.2, 0.25) is 0 Å². The van der Waals surface area contributed by atoms with E-state index >= 15 is 0 Å². The van der Waals surface area contributed by atoms with E-state index < -0.39 is 0 Å². The zero-order chi connectivity index (χ0) is 20.2. The normalized spacial score (nSPS) is 18.2. The summed E-state index contributed by atoms with van der Waals surface area (Å²) in [6.45, 7) is 14.5. The van der Waals surface area contributed by atoms with Gasteiger partial charge in [-0.3, -0.25) is 9.89 Å². The highest BCUT2D eigenvalue weighted by Crippen LogP contribution is 2.24. The molecule has 2 unspecified atom stereocenters. The number of rotatable bonds is 12. The zero-order valence-corrected chi connectivity index (χ0v) is 21.6. The van der Waals surface area contributed by atoms with Gasteiger partial charge in [0.1, 0.15) is 0 Å². The predicted molar refractivity (Wildman–Crippen MR) is 134 cm³/mol. The van der Waals surface area contributed by atoms with Gasteiger partial charge in [0.05, 0.1) is 32.4 Å². The molecule has 168 valence electrons. The topological polar surface area (TPSA) is 49.3 Å². The van der Waals surface area contributed by atoms with Crippen molar-refractivity contribution in [3.8, 4) is 0 Å². The highest BCUT2D eigenvalue weighted by atomic mass is 127. The van der Waals surface area contributed by atoms with Crippen molar-refractivity contribution in [1.82, 2.24) is 15.1 Å². The van der Waals surface area contributed by atoms with E-state index in [2.05, 4.69) is 52.7 Å². The smallest absolute Gasteiger partial charge is 0.193 e. The van der Waals surface area contributed by atoms with E-state index in [1.54, 1.807) is 18.4 Å². The van der Waals surface area contributed by atoms with Crippen molar-refractivity contribution in [1.29, 1.82) is 0 Å². The van der Waals surface area contributed by atoms with Crippen LogP contribution >= 0.6 is 35.3 Å². The van der Waals surface area contributed by atoms with Crippen molar-refractivity contribution in [3.05, 3.63) is 22.4 Å². The number of hydrogen-bond acceptors (Lipinski definition) is 5. The molecule has 0 aromatic carbocycles. The van der Waals surface area contributed by atoms with E-state index in [-0.39, 0.29) is 24.0 Å². The van der Waals surface area contributed by atoms with Gasteiger partial charge in [-0.05, 0) is 48.8 Å². The van der Waals surface area contributed by atoms with Gasteiger partial charge >= 0.3 is 0 Å². The van der Waals surface area contributed by atoms with Crippen LogP contribution in [0.25, 0.3) is 0 Å². The van der Waals surface area contributed by atoms with E-state index in [4.69, 9.17) is 14.5 Å². The fourth-order valence-electron chi connectivity index (χ4n) is 3.71. The minimum absolute atomic E-state index is 0. The van der Waals surface area contributed by atoms with Gasteiger partial charge in [0.15, 0.2) is 5.96 Å². The summed E-state index contributed by atoms with van der Waals surface area (Å²) in [6, 6.07) is 2.57. The number of nitrogens with zero attached hydrogens (tertiary/aromatic N) is 3. The largest absolute Gasteiger partial charge is 0.382 e. The van der Waals surface area contributed by atoms with Crippen LogP contribution in [0.3, 0.4) is 0 Å². The van der Waals surface area contributed by atoms with Crippen molar-refractivity contribution < 1.29 is 9.47 Å². The van der Waals surface area contributed by atoms with Gasteiger partial charge in [-0.1, -0.05) is 13.8 Å². The van der Waals surface area contributed by atoms with Gasteiger partial charge in [0.25, 0.3) is 0 Å². The molecule has 1 aromatic rings. The second kappa shape index (κ2) is 15.4. The number of ether oxygens (including phenoxy) is 2. The Bertz CT molecular complexity index is 555. The van der Waals surface area contributed by atoms with Crippen molar-refractivity contribution in [2.24, 2.45) is 10.9 Å². The second-order valence-electron chi connectivity index (χ2n) is 7.16. The average Bonchev–Trinajstić information content (AvgIpc) is 3.40. The number of halogens is 1. The third-order valence-corrected chi connectivity index (χ3v) is 6.00. The van der Waals surface area contributed by atoms with E-state index in [1.807, 2.05) is 0 Å². The summed E-state index contributed by atoms with van der Waals surface area (Å²) in [5.41, 5.74) is 1.37. The number of thiophene rings is 1. The average molecular weight is 539 g/mol. The summed E-state index contributed by atoms with van der Waals surface area (Å²) in [6.07, 6.45) is 1.15. The maximum atomic E-state index is 5.74. The Kier molecular flexibility index (Phi) is 14.1. The highest BCUT2D eigenvalue weighted by Gasteiger charge is 2.26. The van der Waals surface area contributed by atoms with Crippen LogP contribution in [-0.2, 0) is 9.47 Å². The maximum Gasteiger partial charge on any atom is 0.193 e. The molecule has 2 rings (SSSR count). The molecule has 1 aliphatic rings. The molecule has 1 aliphatic heterocycles. The highest BCUT2D eigenvalue weighted by molar-refractivity contribution is 14.0. The molecule has 6 nitrogen and oxygen atoms in total. The molecule has 2 atom stereocenters. The third-order valence-electron chi connectivity index (χ3n) is 5.30. The van der Waals surface area contributed by atoms with Crippen LogP contribution in [0.5, 0.6) is 0 Å². The standard InChI is InChI=1S/C21H38N4O2S.HI/c1-5-22-21(25-10-8-18(15-25)16-27-12-11-26-4)23-14-20(24(6-2)7-3)19-9-13-28-17-19;/h9,13,17-18,20H,5-8,10-12,14-16H2,1-4H3,(H,22,23);1H. The van der Waals surface area contributed by atoms with Crippen LogP contribution in [0, 0.1) is 5.92 Å². The molecule has 0 saturated carbocycles. The first-order valence-corrected chi connectivity index (χ1v) is 11.5. The molecule has 1 saturated heterocycles. The fourth-order valence-corrected chi connectivity index (χ4v) is 4.42. The van der Waals surface area contributed by atoms with E-state index in [0.29, 0.717) is 25.2 Å². The summed E-state index contributed by atoms with van der Waals surface area (Å²) in [4.78, 5) is 9.93. The van der Waals surface area contributed by atoms with Gasteiger partial charge < -0.3 is 19.7 Å². The van der Waals surface area contributed by atoms with Crippen LogP contribution in [0.2, 0.25) is 0 Å². The van der Waals surface area contributed by atoms with Gasteiger partial charge in [-0.15, -0.1) is 24.0 Å². The van der Waals surface area contributed by atoms with Crippen LogP contribution < -0.4 is 5.32 Å². The number of guanidine groups is 1. The lowest BCUT2D eigenvalue weighted by molar-refractivity contribution is 0.0536. The Hall–Kier alpha value is -0.420. The maximum absolute atomic E-state index is 5.74. The lowest BCUT2D eigenvalue weighted by atomic mass is 10.1. The molecule has 8 heteroatoms. The molecule has 29 heavy (non-hydrogen) atoms. The second-order valence-corrected chi connectivity index (χ2v) is 7.94. The van der Waals surface area contributed by atoms with E-state index in [0.717, 1.165) is 58.3 Å². The minimum Gasteiger partial charge on any atom is -0.382 e. The first kappa shape index (κ1) is 26.6. The Morgan fingerprint density at radius 3 is 2.76 bits per heavy atom. The lowest BCUT2D eigenvalue weighted by Gasteiger charge is -2.29. The summed E-state index contributed by atoms with van der Waals surface area (Å²) in [5, 5.41) is 7.92. The van der Waals surface area contributed by atoms with Crippen molar-refractivity contribution in [2.75, 3.05) is 66.2 Å².